The molecular formula is C9H16N4O2S. The van der Waals surface area contributed by atoms with Crippen LogP contribution in [0.2, 0.25) is 0 Å². The molecule has 0 aliphatic heterocycles. The first-order chi connectivity index (χ1) is 7.57. The number of H-pyrrole nitrogens is 1. The van der Waals surface area contributed by atoms with Crippen molar-refractivity contribution in [1.29, 1.82) is 0 Å². The molecule has 7 heteroatoms. The van der Waals surface area contributed by atoms with Gasteiger partial charge in [-0.05, 0) is 12.8 Å². The fraction of sp³-hybridized carbons (Fsp3) is 0.778. The lowest BCUT2D eigenvalue weighted by Crippen LogP contribution is -2.39. The maximum Gasteiger partial charge on any atom is 0.151 e. The molecule has 2 atom stereocenters. The lowest BCUT2D eigenvalue weighted by atomic mass is 10.2. The van der Waals surface area contributed by atoms with Crippen molar-refractivity contribution in [2.45, 2.75) is 37.1 Å². The molecule has 1 saturated carbocycles. The number of aromatic nitrogens is 3. The monoisotopic (exact) mass is 244 g/mol. The summed E-state index contributed by atoms with van der Waals surface area (Å²) in [6.07, 6.45) is 5.39. The van der Waals surface area contributed by atoms with Crippen molar-refractivity contribution in [2.75, 3.05) is 6.26 Å². The molecule has 0 amide bonds. The van der Waals surface area contributed by atoms with Gasteiger partial charge in [0.15, 0.2) is 9.84 Å². The molecule has 1 aromatic rings. The average molecular weight is 244 g/mol. The maximum atomic E-state index is 11.5. The molecule has 90 valence electrons. The van der Waals surface area contributed by atoms with Crippen LogP contribution in [0.15, 0.2) is 6.33 Å². The zero-order valence-corrected chi connectivity index (χ0v) is 10.00. The lowest BCUT2D eigenvalue weighted by molar-refractivity contribution is 0.500. The smallest absolute Gasteiger partial charge is 0.151 e. The van der Waals surface area contributed by atoms with Crippen molar-refractivity contribution in [3.05, 3.63) is 12.2 Å². The minimum Gasteiger partial charge on any atom is -0.306 e. The zero-order chi connectivity index (χ0) is 11.6. The van der Waals surface area contributed by atoms with Gasteiger partial charge in [-0.25, -0.2) is 13.4 Å². The summed E-state index contributed by atoms with van der Waals surface area (Å²) in [6.45, 7) is 0.538. The van der Waals surface area contributed by atoms with Crippen molar-refractivity contribution in [2.24, 2.45) is 0 Å². The Morgan fingerprint density at radius 2 is 2.38 bits per heavy atom. The van der Waals surface area contributed by atoms with E-state index >= 15 is 0 Å². The van der Waals surface area contributed by atoms with Gasteiger partial charge in [0, 0.05) is 12.3 Å². The van der Waals surface area contributed by atoms with Gasteiger partial charge in [-0.15, -0.1) is 0 Å². The summed E-state index contributed by atoms with van der Waals surface area (Å²) in [7, 11) is -2.95. The topological polar surface area (TPSA) is 87.7 Å². The molecule has 0 radical (unpaired) electrons. The van der Waals surface area contributed by atoms with E-state index in [2.05, 4.69) is 20.5 Å². The van der Waals surface area contributed by atoms with E-state index in [1.165, 1.54) is 12.6 Å². The Balaban J connectivity index is 1.94. The number of hydrogen-bond donors (Lipinski definition) is 2. The summed E-state index contributed by atoms with van der Waals surface area (Å²) >= 11 is 0. The fourth-order valence-electron chi connectivity index (χ4n) is 2.22. The van der Waals surface area contributed by atoms with E-state index in [-0.39, 0.29) is 11.3 Å². The molecule has 1 aliphatic carbocycles. The van der Waals surface area contributed by atoms with E-state index in [1.54, 1.807) is 0 Å². The van der Waals surface area contributed by atoms with Gasteiger partial charge in [0.05, 0.1) is 11.8 Å². The quantitative estimate of drug-likeness (QED) is 0.769. The number of nitrogens with one attached hydrogen (secondary N) is 2. The predicted octanol–water partition coefficient (Wildman–Crippen LogP) is -0.140. The predicted molar refractivity (Wildman–Crippen MR) is 59.5 cm³/mol. The molecule has 0 saturated heterocycles. The highest BCUT2D eigenvalue weighted by molar-refractivity contribution is 7.91. The molecule has 0 bridgehead atoms. The van der Waals surface area contributed by atoms with E-state index in [1.807, 2.05) is 0 Å². The van der Waals surface area contributed by atoms with Gasteiger partial charge >= 0.3 is 0 Å². The molecule has 2 N–H and O–H groups in total. The molecule has 0 aromatic carbocycles. The van der Waals surface area contributed by atoms with Crippen molar-refractivity contribution >= 4 is 9.84 Å². The third kappa shape index (κ3) is 2.59. The highest BCUT2D eigenvalue weighted by Crippen LogP contribution is 2.25. The van der Waals surface area contributed by atoms with Gasteiger partial charge in [-0.3, -0.25) is 5.10 Å². The van der Waals surface area contributed by atoms with Gasteiger partial charge in [0.1, 0.15) is 12.2 Å². The third-order valence-electron chi connectivity index (χ3n) is 3.00. The molecule has 1 fully saturated rings. The van der Waals surface area contributed by atoms with Crippen LogP contribution in [0.25, 0.3) is 0 Å². The summed E-state index contributed by atoms with van der Waals surface area (Å²) < 4.78 is 23.1. The molecule has 1 aromatic heterocycles. The Labute approximate surface area is 94.8 Å². The van der Waals surface area contributed by atoms with Crippen molar-refractivity contribution in [1.82, 2.24) is 20.5 Å². The van der Waals surface area contributed by atoms with E-state index in [9.17, 15) is 8.42 Å². The van der Waals surface area contributed by atoms with Crippen LogP contribution >= 0.6 is 0 Å². The Morgan fingerprint density at radius 3 is 3.00 bits per heavy atom. The van der Waals surface area contributed by atoms with Gasteiger partial charge < -0.3 is 5.32 Å². The first-order valence-electron chi connectivity index (χ1n) is 5.34. The van der Waals surface area contributed by atoms with Crippen LogP contribution in [0.5, 0.6) is 0 Å². The maximum absolute atomic E-state index is 11.5. The van der Waals surface area contributed by atoms with Gasteiger partial charge in [-0.1, -0.05) is 6.42 Å². The van der Waals surface area contributed by atoms with Crippen molar-refractivity contribution in [3.63, 3.8) is 0 Å². The molecule has 0 spiro atoms. The minimum absolute atomic E-state index is 0.0418. The molecular weight excluding hydrogens is 228 g/mol. The number of nitrogens with zero attached hydrogens (tertiary/aromatic N) is 2. The first kappa shape index (κ1) is 11.5. The summed E-state index contributed by atoms with van der Waals surface area (Å²) in [4.78, 5) is 3.99. The van der Waals surface area contributed by atoms with Crippen molar-refractivity contribution in [3.8, 4) is 0 Å². The Bertz CT molecular complexity index is 428. The first-order valence-corrected chi connectivity index (χ1v) is 7.29. The zero-order valence-electron chi connectivity index (χ0n) is 9.18. The van der Waals surface area contributed by atoms with Crippen LogP contribution in [0.4, 0.5) is 0 Å². The highest BCUT2D eigenvalue weighted by atomic mass is 32.2. The summed E-state index contributed by atoms with van der Waals surface area (Å²) in [5.41, 5.74) is 0. The molecule has 2 unspecified atom stereocenters. The van der Waals surface area contributed by atoms with Gasteiger partial charge in [0.2, 0.25) is 0 Å². The molecule has 2 rings (SSSR count). The van der Waals surface area contributed by atoms with Crippen molar-refractivity contribution < 1.29 is 8.42 Å². The Hall–Kier alpha value is -0.950. The number of rotatable bonds is 4. The second kappa shape index (κ2) is 4.50. The Morgan fingerprint density at radius 1 is 1.56 bits per heavy atom. The highest BCUT2D eigenvalue weighted by Gasteiger charge is 2.34. The third-order valence-corrected chi connectivity index (χ3v) is 4.66. The molecule has 1 heterocycles. The average Bonchev–Trinajstić information content (AvgIpc) is 2.85. The molecule has 1 aliphatic rings. The normalized spacial score (nSPS) is 26.1. The van der Waals surface area contributed by atoms with Gasteiger partial charge in [-0.2, -0.15) is 5.10 Å². The second-order valence-electron chi connectivity index (χ2n) is 4.22. The van der Waals surface area contributed by atoms with E-state index in [0.717, 1.165) is 25.1 Å². The molecule has 16 heavy (non-hydrogen) atoms. The lowest BCUT2D eigenvalue weighted by Gasteiger charge is -2.18. The number of hydrogen-bond acceptors (Lipinski definition) is 5. The van der Waals surface area contributed by atoms with Crippen LogP contribution in [-0.4, -0.2) is 41.1 Å². The Kier molecular flexibility index (Phi) is 3.25. The van der Waals surface area contributed by atoms with Crippen LogP contribution in [0.1, 0.15) is 25.1 Å². The van der Waals surface area contributed by atoms with Crippen LogP contribution in [0, 0.1) is 0 Å². The van der Waals surface area contributed by atoms with Crippen LogP contribution in [0.3, 0.4) is 0 Å². The van der Waals surface area contributed by atoms with Gasteiger partial charge in [0.25, 0.3) is 0 Å². The van der Waals surface area contributed by atoms with Crippen LogP contribution in [-0.2, 0) is 16.4 Å². The largest absolute Gasteiger partial charge is 0.306 e. The minimum atomic E-state index is -2.95. The standard InChI is InChI=1S/C9H16N4O2S/c1-16(14,15)8-4-2-3-7(8)10-5-9-11-6-12-13-9/h6-8,10H,2-5H2,1H3,(H,11,12,13). The van der Waals surface area contributed by atoms with E-state index in [4.69, 9.17) is 0 Å². The molecule has 6 nitrogen and oxygen atoms in total. The second-order valence-corrected chi connectivity index (χ2v) is 6.48. The van der Waals surface area contributed by atoms with Crippen LogP contribution < -0.4 is 5.32 Å². The summed E-state index contributed by atoms with van der Waals surface area (Å²) in [5.74, 6) is 0.735. The number of aromatic amines is 1. The van der Waals surface area contributed by atoms with E-state index in [0.29, 0.717) is 6.54 Å². The summed E-state index contributed by atoms with van der Waals surface area (Å²) in [6, 6.07) is 0.0418. The fourth-order valence-corrected chi connectivity index (χ4v) is 3.64. The summed E-state index contributed by atoms with van der Waals surface area (Å²) in [5, 5.41) is 9.46. The van der Waals surface area contributed by atoms with E-state index < -0.39 is 9.84 Å². The SMILES string of the molecule is CS(=O)(=O)C1CCCC1NCc1ncn[nH]1. The number of sulfone groups is 1.